The minimum atomic E-state index is -0.504. The second-order valence-corrected chi connectivity index (χ2v) is 4.04. The fourth-order valence-electron chi connectivity index (χ4n) is 2.10. The second-order valence-electron chi connectivity index (χ2n) is 4.04. The van der Waals surface area contributed by atoms with Gasteiger partial charge in [0, 0.05) is 11.5 Å². The summed E-state index contributed by atoms with van der Waals surface area (Å²) >= 11 is 0. The van der Waals surface area contributed by atoms with Crippen molar-refractivity contribution in [1.29, 1.82) is 0 Å². The third-order valence-electron chi connectivity index (χ3n) is 3.15. The van der Waals surface area contributed by atoms with Gasteiger partial charge < -0.3 is 9.47 Å². The van der Waals surface area contributed by atoms with Gasteiger partial charge in [-0.15, -0.1) is 0 Å². The molecule has 0 radical (unpaired) electrons. The van der Waals surface area contributed by atoms with Crippen LogP contribution < -0.4 is 0 Å². The fourth-order valence-corrected chi connectivity index (χ4v) is 2.10. The zero-order valence-electron chi connectivity index (χ0n) is 9.40. The van der Waals surface area contributed by atoms with E-state index in [1.165, 1.54) is 0 Å². The Hall–Kier alpha value is -0.860. The Balaban J connectivity index is 2.35. The quantitative estimate of drug-likeness (QED) is 0.757. The van der Waals surface area contributed by atoms with Crippen LogP contribution in [-0.2, 0) is 15.3 Å². The molecule has 2 heteroatoms. The first-order chi connectivity index (χ1) is 7.29. The molecule has 2 nitrogen and oxygen atoms in total. The van der Waals surface area contributed by atoms with E-state index in [4.69, 9.17) is 9.47 Å². The topological polar surface area (TPSA) is 18.5 Å². The average molecular weight is 206 g/mol. The van der Waals surface area contributed by atoms with E-state index in [0.717, 1.165) is 12.0 Å². The van der Waals surface area contributed by atoms with Crippen molar-refractivity contribution < 1.29 is 9.47 Å². The van der Waals surface area contributed by atoms with Crippen LogP contribution in [0.15, 0.2) is 30.3 Å². The maximum Gasteiger partial charge on any atom is 0.197 e. The first-order valence-corrected chi connectivity index (χ1v) is 5.63. The summed E-state index contributed by atoms with van der Waals surface area (Å²) in [6.45, 7) is 5.73. The maximum absolute atomic E-state index is 5.86. The van der Waals surface area contributed by atoms with Crippen molar-refractivity contribution in [1.82, 2.24) is 0 Å². The normalized spacial score (nSPS) is 21.5. The van der Waals surface area contributed by atoms with Crippen molar-refractivity contribution in [2.24, 2.45) is 5.92 Å². The van der Waals surface area contributed by atoms with Gasteiger partial charge in [0.25, 0.3) is 0 Å². The van der Waals surface area contributed by atoms with E-state index in [1.807, 2.05) is 18.2 Å². The number of benzene rings is 1. The molecule has 0 spiro atoms. The summed E-state index contributed by atoms with van der Waals surface area (Å²) in [6.07, 6.45) is 1.05. The molecule has 1 heterocycles. The standard InChI is InChI=1S/C13H18O2/c1-3-11(2)13(14-9-10-15-13)12-7-5-4-6-8-12/h4-8,11H,3,9-10H2,1-2H3. The van der Waals surface area contributed by atoms with Crippen LogP contribution in [0.2, 0.25) is 0 Å². The first-order valence-electron chi connectivity index (χ1n) is 5.63. The molecule has 0 amide bonds. The van der Waals surface area contributed by atoms with E-state index in [0.29, 0.717) is 19.1 Å². The van der Waals surface area contributed by atoms with E-state index in [2.05, 4.69) is 26.0 Å². The largest absolute Gasteiger partial charge is 0.343 e. The molecule has 82 valence electrons. The number of rotatable bonds is 3. The lowest BCUT2D eigenvalue weighted by Crippen LogP contribution is -2.34. The molecule has 0 saturated carbocycles. The Labute approximate surface area is 91.2 Å². The van der Waals surface area contributed by atoms with Gasteiger partial charge in [-0.1, -0.05) is 44.2 Å². The summed E-state index contributed by atoms with van der Waals surface area (Å²) in [5.74, 6) is -0.127. The molecule has 1 aliphatic heterocycles. The fraction of sp³-hybridized carbons (Fsp3) is 0.538. The lowest BCUT2D eigenvalue weighted by atomic mass is 9.91. The molecule has 15 heavy (non-hydrogen) atoms. The second kappa shape index (κ2) is 4.33. The average Bonchev–Trinajstić information content (AvgIpc) is 2.79. The summed E-state index contributed by atoms with van der Waals surface area (Å²) in [5.41, 5.74) is 1.14. The van der Waals surface area contributed by atoms with E-state index in [1.54, 1.807) is 0 Å². The number of hydrogen-bond acceptors (Lipinski definition) is 2. The zero-order chi connectivity index (χ0) is 10.7. The highest BCUT2D eigenvalue weighted by Gasteiger charge is 2.42. The summed E-state index contributed by atoms with van der Waals surface area (Å²) in [4.78, 5) is 0. The molecule has 1 atom stereocenters. The Kier molecular flexibility index (Phi) is 3.08. The van der Waals surface area contributed by atoms with Gasteiger partial charge in [-0.25, -0.2) is 0 Å². The Morgan fingerprint density at radius 2 is 1.80 bits per heavy atom. The van der Waals surface area contributed by atoms with Crippen LogP contribution in [0, 0.1) is 5.92 Å². The highest BCUT2D eigenvalue weighted by molar-refractivity contribution is 5.21. The molecule has 0 aromatic heterocycles. The monoisotopic (exact) mass is 206 g/mol. The number of hydrogen-bond donors (Lipinski definition) is 0. The van der Waals surface area contributed by atoms with Crippen LogP contribution in [0.3, 0.4) is 0 Å². The summed E-state index contributed by atoms with van der Waals surface area (Å²) in [5, 5.41) is 0. The van der Waals surface area contributed by atoms with Gasteiger partial charge in [0.1, 0.15) is 0 Å². The smallest absolute Gasteiger partial charge is 0.197 e. The molecule has 1 saturated heterocycles. The minimum absolute atomic E-state index is 0.377. The Morgan fingerprint density at radius 1 is 1.20 bits per heavy atom. The molecule has 0 aliphatic carbocycles. The van der Waals surface area contributed by atoms with Gasteiger partial charge >= 0.3 is 0 Å². The van der Waals surface area contributed by atoms with Crippen LogP contribution in [0.25, 0.3) is 0 Å². The van der Waals surface area contributed by atoms with Crippen LogP contribution in [-0.4, -0.2) is 13.2 Å². The summed E-state index contributed by atoms with van der Waals surface area (Å²) in [6, 6.07) is 10.2. The molecule has 1 aromatic rings. The third kappa shape index (κ3) is 1.80. The van der Waals surface area contributed by atoms with Crippen molar-refractivity contribution in [3.8, 4) is 0 Å². The summed E-state index contributed by atoms with van der Waals surface area (Å²) < 4.78 is 11.7. The van der Waals surface area contributed by atoms with Gasteiger partial charge in [0.05, 0.1) is 13.2 Å². The van der Waals surface area contributed by atoms with Crippen LogP contribution in [0.1, 0.15) is 25.8 Å². The van der Waals surface area contributed by atoms with E-state index >= 15 is 0 Å². The van der Waals surface area contributed by atoms with Gasteiger partial charge in [-0.05, 0) is 6.42 Å². The lowest BCUT2D eigenvalue weighted by Gasteiger charge is -2.33. The summed E-state index contributed by atoms with van der Waals surface area (Å²) in [7, 11) is 0. The predicted octanol–water partition coefficient (Wildman–Crippen LogP) is 2.93. The van der Waals surface area contributed by atoms with Crippen LogP contribution in [0.5, 0.6) is 0 Å². The molecule has 0 N–H and O–H groups in total. The van der Waals surface area contributed by atoms with E-state index in [-0.39, 0.29) is 0 Å². The predicted molar refractivity (Wildman–Crippen MR) is 59.5 cm³/mol. The Morgan fingerprint density at radius 3 is 2.33 bits per heavy atom. The SMILES string of the molecule is CCC(C)C1(c2ccccc2)OCCO1. The van der Waals surface area contributed by atoms with Gasteiger partial charge in [0.15, 0.2) is 5.79 Å². The molecule has 1 unspecified atom stereocenters. The number of ether oxygens (including phenoxy) is 2. The maximum atomic E-state index is 5.86. The van der Waals surface area contributed by atoms with Gasteiger partial charge in [-0.3, -0.25) is 0 Å². The molecular formula is C13H18O2. The molecule has 2 rings (SSSR count). The molecule has 1 aromatic carbocycles. The highest BCUT2D eigenvalue weighted by Crippen LogP contribution is 2.39. The van der Waals surface area contributed by atoms with Crippen LogP contribution in [0.4, 0.5) is 0 Å². The molecule has 0 bridgehead atoms. The van der Waals surface area contributed by atoms with Crippen molar-refractivity contribution in [2.75, 3.05) is 13.2 Å². The van der Waals surface area contributed by atoms with E-state index < -0.39 is 5.79 Å². The van der Waals surface area contributed by atoms with Crippen LogP contribution >= 0.6 is 0 Å². The molecule has 1 aliphatic rings. The van der Waals surface area contributed by atoms with Gasteiger partial charge in [0.2, 0.25) is 0 Å². The zero-order valence-corrected chi connectivity index (χ0v) is 9.40. The third-order valence-corrected chi connectivity index (χ3v) is 3.15. The minimum Gasteiger partial charge on any atom is -0.343 e. The van der Waals surface area contributed by atoms with E-state index in [9.17, 15) is 0 Å². The van der Waals surface area contributed by atoms with Crippen molar-refractivity contribution >= 4 is 0 Å². The molecule has 1 fully saturated rings. The Bertz CT molecular complexity index is 302. The van der Waals surface area contributed by atoms with Crippen molar-refractivity contribution in [3.63, 3.8) is 0 Å². The van der Waals surface area contributed by atoms with Crippen molar-refractivity contribution in [2.45, 2.75) is 26.1 Å². The lowest BCUT2D eigenvalue weighted by molar-refractivity contribution is -0.201. The van der Waals surface area contributed by atoms with Crippen molar-refractivity contribution in [3.05, 3.63) is 35.9 Å². The molecular weight excluding hydrogens is 188 g/mol. The highest BCUT2D eigenvalue weighted by atomic mass is 16.7. The first kappa shape index (κ1) is 10.7. The van der Waals surface area contributed by atoms with Gasteiger partial charge in [-0.2, -0.15) is 0 Å².